The first-order chi connectivity index (χ1) is 14.1. The molecule has 0 aliphatic carbocycles. The number of para-hydroxylation sites is 2. The van der Waals surface area contributed by atoms with Crippen molar-refractivity contribution >= 4 is 11.6 Å². The van der Waals surface area contributed by atoms with Crippen LogP contribution in [0.3, 0.4) is 0 Å². The number of aryl methyl sites for hydroxylation is 1. The Morgan fingerprint density at radius 3 is 2.59 bits per heavy atom. The number of carbonyl (C=O) groups is 1. The van der Waals surface area contributed by atoms with Gasteiger partial charge in [0, 0.05) is 24.5 Å². The summed E-state index contributed by atoms with van der Waals surface area (Å²) < 4.78 is 27.3. The fourth-order valence-electron chi connectivity index (χ4n) is 2.90. The number of rotatable bonds is 9. The number of ether oxygens (including phenoxy) is 2. The van der Waals surface area contributed by atoms with Gasteiger partial charge in [-0.2, -0.15) is 0 Å². The highest BCUT2D eigenvalue weighted by Gasteiger charge is 2.10. The number of nitrogens with zero attached hydrogens (tertiary/aromatic N) is 2. The lowest BCUT2D eigenvalue weighted by molar-refractivity contribution is -0.116. The third kappa shape index (κ3) is 5.34. The highest BCUT2D eigenvalue weighted by molar-refractivity contribution is 5.90. The number of carbonyl (C=O) groups excluding carboxylic acids is 1. The van der Waals surface area contributed by atoms with Crippen LogP contribution in [0, 0.1) is 12.7 Å². The number of benzene rings is 2. The highest BCUT2D eigenvalue weighted by Crippen LogP contribution is 2.26. The summed E-state index contributed by atoms with van der Waals surface area (Å²) in [5, 5.41) is 2.72. The Bertz CT molecular complexity index is 971. The molecule has 2 aromatic carbocycles. The molecule has 0 saturated heterocycles. The van der Waals surface area contributed by atoms with E-state index in [4.69, 9.17) is 9.47 Å². The number of anilines is 1. The van der Waals surface area contributed by atoms with Crippen LogP contribution in [0.5, 0.6) is 11.5 Å². The lowest BCUT2D eigenvalue weighted by Gasteiger charge is -2.12. The average molecular weight is 397 g/mol. The minimum Gasteiger partial charge on any atom is -0.490 e. The van der Waals surface area contributed by atoms with Crippen LogP contribution in [0.4, 0.5) is 10.1 Å². The summed E-state index contributed by atoms with van der Waals surface area (Å²) in [4.78, 5) is 16.2. The van der Waals surface area contributed by atoms with E-state index in [9.17, 15) is 9.18 Å². The Balaban J connectivity index is 1.49. The van der Waals surface area contributed by atoms with Gasteiger partial charge in [0.25, 0.3) is 0 Å². The van der Waals surface area contributed by atoms with Crippen LogP contribution in [0.2, 0.25) is 0 Å². The molecule has 1 N–H and O–H groups in total. The second kappa shape index (κ2) is 9.73. The quantitative estimate of drug-likeness (QED) is 0.539. The van der Waals surface area contributed by atoms with Gasteiger partial charge in [0.05, 0.1) is 18.9 Å². The summed E-state index contributed by atoms with van der Waals surface area (Å²) in [6, 6.07) is 12.0. The van der Waals surface area contributed by atoms with Gasteiger partial charge in [-0.05, 0) is 50.6 Å². The van der Waals surface area contributed by atoms with E-state index in [2.05, 4.69) is 10.3 Å². The van der Waals surface area contributed by atoms with Gasteiger partial charge in [-0.1, -0.05) is 12.1 Å². The van der Waals surface area contributed by atoms with Gasteiger partial charge < -0.3 is 19.4 Å². The van der Waals surface area contributed by atoms with Gasteiger partial charge in [-0.3, -0.25) is 4.79 Å². The molecule has 0 fully saturated rings. The zero-order chi connectivity index (χ0) is 20.6. The summed E-state index contributed by atoms with van der Waals surface area (Å²) in [7, 11) is 0. The van der Waals surface area contributed by atoms with Crippen molar-refractivity contribution < 1.29 is 18.7 Å². The molecule has 0 aliphatic rings. The Labute approximate surface area is 169 Å². The molecule has 0 aliphatic heterocycles. The van der Waals surface area contributed by atoms with E-state index in [-0.39, 0.29) is 12.3 Å². The number of hydrogen-bond donors (Lipinski definition) is 1. The number of imidazole rings is 1. The molecule has 1 heterocycles. The van der Waals surface area contributed by atoms with Crippen LogP contribution >= 0.6 is 0 Å². The standard InChI is InChI=1S/C22H24FN3O3/c1-3-28-20-7-4-5-8-21(20)29-14-6-9-22(27)25-17-10-11-19(18(23)15-17)26-13-12-24-16(26)2/h4-5,7-8,10-13,15H,3,6,9,14H2,1-2H3,(H,25,27). The molecule has 0 bridgehead atoms. The van der Waals surface area contributed by atoms with Crippen molar-refractivity contribution in [3.05, 3.63) is 66.5 Å². The average Bonchev–Trinajstić information content (AvgIpc) is 3.12. The minimum atomic E-state index is -0.431. The highest BCUT2D eigenvalue weighted by atomic mass is 19.1. The molecule has 0 atom stereocenters. The Morgan fingerprint density at radius 2 is 1.93 bits per heavy atom. The lowest BCUT2D eigenvalue weighted by atomic mass is 10.2. The molecular weight excluding hydrogens is 373 g/mol. The fraction of sp³-hybridized carbons (Fsp3) is 0.273. The van der Waals surface area contributed by atoms with Crippen LogP contribution in [0.15, 0.2) is 54.9 Å². The van der Waals surface area contributed by atoms with Crippen LogP contribution < -0.4 is 14.8 Å². The molecule has 0 radical (unpaired) electrons. The molecule has 6 nitrogen and oxygen atoms in total. The van der Waals surface area contributed by atoms with Gasteiger partial charge >= 0.3 is 0 Å². The monoisotopic (exact) mass is 397 g/mol. The third-order valence-electron chi connectivity index (χ3n) is 4.27. The van der Waals surface area contributed by atoms with Gasteiger partial charge in [-0.25, -0.2) is 9.37 Å². The smallest absolute Gasteiger partial charge is 0.224 e. The van der Waals surface area contributed by atoms with Crippen molar-refractivity contribution in [1.29, 1.82) is 0 Å². The summed E-state index contributed by atoms with van der Waals surface area (Å²) in [6.45, 7) is 4.64. The van der Waals surface area contributed by atoms with Crippen LogP contribution in [0.1, 0.15) is 25.6 Å². The van der Waals surface area contributed by atoms with E-state index in [1.807, 2.05) is 31.2 Å². The number of halogens is 1. The first-order valence-electron chi connectivity index (χ1n) is 9.53. The molecule has 1 amide bonds. The normalized spacial score (nSPS) is 10.6. The molecule has 1 aromatic heterocycles. The second-order valence-corrected chi connectivity index (χ2v) is 6.39. The first kappa shape index (κ1) is 20.4. The van der Waals surface area contributed by atoms with Crippen molar-refractivity contribution in [2.45, 2.75) is 26.7 Å². The van der Waals surface area contributed by atoms with E-state index in [0.717, 1.165) is 0 Å². The lowest BCUT2D eigenvalue weighted by Crippen LogP contribution is -2.13. The van der Waals surface area contributed by atoms with Crippen molar-refractivity contribution in [3.8, 4) is 17.2 Å². The van der Waals surface area contributed by atoms with E-state index in [1.54, 1.807) is 36.0 Å². The Hall–Kier alpha value is -3.35. The number of nitrogens with one attached hydrogen (secondary N) is 1. The maximum atomic E-state index is 14.4. The molecule has 29 heavy (non-hydrogen) atoms. The van der Waals surface area contributed by atoms with Crippen LogP contribution in [-0.2, 0) is 4.79 Å². The molecular formula is C22H24FN3O3. The Morgan fingerprint density at radius 1 is 1.17 bits per heavy atom. The summed E-state index contributed by atoms with van der Waals surface area (Å²) >= 11 is 0. The largest absolute Gasteiger partial charge is 0.490 e. The van der Waals surface area contributed by atoms with E-state index >= 15 is 0 Å². The van der Waals surface area contributed by atoms with E-state index in [1.165, 1.54) is 6.07 Å². The van der Waals surface area contributed by atoms with Crippen molar-refractivity contribution in [2.24, 2.45) is 0 Å². The molecule has 7 heteroatoms. The molecule has 152 valence electrons. The predicted molar refractivity (Wildman–Crippen MR) is 109 cm³/mol. The molecule has 0 spiro atoms. The number of aromatic nitrogens is 2. The first-order valence-corrected chi connectivity index (χ1v) is 9.53. The van der Waals surface area contributed by atoms with E-state index < -0.39 is 5.82 Å². The second-order valence-electron chi connectivity index (χ2n) is 6.39. The third-order valence-corrected chi connectivity index (χ3v) is 4.27. The van der Waals surface area contributed by atoms with Gasteiger partial charge in [0.15, 0.2) is 11.5 Å². The van der Waals surface area contributed by atoms with Gasteiger partial charge in [0.1, 0.15) is 11.6 Å². The van der Waals surface area contributed by atoms with Crippen molar-refractivity contribution in [2.75, 3.05) is 18.5 Å². The predicted octanol–water partition coefficient (Wildman–Crippen LogP) is 4.52. The molecule has 3 aromatic rings. The SMILES string of the molecule is CCOc1ccccc1OCCCC(=O)Nc1ccc(-n2ccnc2C)c(F)c1. The maximum Gasteiger partial charge on any atom is 0.224 e. The van der Waals surface area contributed by atoms with Crippen LogP contribution in [0.25, 0.3) is 5.69 Å². The summed E-state index contributed by atoms with van der Waals surface area (Å²) in [6.07, 6.45) is 4.09. The summed E-state index contributed by atoms with van der Waals surface area (Å²) in [5.74, 6) is 1.40. The van der Waals surface area contributed by atoms with Gasteiger partial charge in [0.2, 0.25) is 5.91 Å². The molecule has 0 unspecified atom stereocenters. The van der Waals surface area contributed by atoms with Gasteiger partial charge in [-0.15, -0.1) is 0 Å². The van der Waals surface area contributed by atoms with E-state index in [0.29, 0.717) is 48.3 Å². The molecule has 0 saturated carbocycles. The Kier molecular flexibility index (Phi) is 6.84. The zero-order valence-corrected chi connectivity index (χ0v) is 16.5. The number of hydrogen-bond acceptors (Lipinski definition) is 4. The zero-order valence-electron chi connectivity index (χ0n) is 16.5. The van der Waals surface area contributed by atoms with Crippen molar-refractivity contribution in [1.82, 2.24) is 9.55 Å². The minimum absolute atomic E-state index is 0.197. The number of amides is 1. The van der Waals surface area contributed by atoms with Crippen LogP contribution in [-0.4, -0.2) is 28.7 Å². The fourth-order valence-corrected chi connectivity index (χ4v) is 2.90. The summed E-state index contributed by atoms with van der Waals surface area (Å²) in [5.41, 5.74) is 0.802. The molecule has 3 rings (SSSR count). The topological polar surface area (TPSA) is 65.4 Å². The van der Waals surface area contributed by atoms with Crippen molar-refractivity contribution in [3.63, 3.8) is 0 Å². The maximum absolute atomic E-state index is 14.4.